The predicted molar refractivity (Wildman–Crippen MR) is 85.4 cm³/mol. The number of halogens is 2. The van der Waals surface area contributed by atoms with Crippen LogP contribution in [0.3, 0.4) is 0 Å². The molecule has 1 aromatic carbocycles. The van der Waals surface area contributed by atoms with Crippen molar-refractivity contribution in [3.05, 3.63) is 67.0 Å². The van der Waals surface area contributed by atoms with Crippen LogP contribution in [-0.2, 0) is 0 Å². The first-order valence-electron chi connectivity index (χ1n) is 6.56. The van der Waals surface area contributed by atoms with E-state index in [1.54, 1.807) is 25.1 Å². The number of aryl methyl sites for hydroxylation is 1. The molecule has 1 aromatic heterocycles. The van der Waals surface area contributed by atoms with Crippen molar-refractivity contribution in [2.24, 2.45) is 5.73 Å². The summed E-state index contributed by atoms with van der Waals surface area (Å²) >= 11 is 12.3. The van der Waals surface area contributed by atoms with Crippen LogP contribution in [0, 0.1) is 18.3 Å². The predicted octanol–water partition coefficient (Wildman–Crippen LogP) is 2.60. The highest BCUT2D eigenvalue weighted by atomic mass is 35.5. The summed E-state index contributed by atoms with van der Waals surface area (Å²) in [4.78, 5) is 19.1. The van der Waals surface area contributed by atoms with Crippen molar-refractivity contribution in [2.45, 2.75) is 12.8 Å². The highest BCUT2D eigenvalue weighted by Gasteiger charge is 2.35. The highest BCUT2D eigenvalue weighted by molar-refractivity contribution is 6.42. The first-order chi connectivity index (χ1) is 10.9. The van der Waals surface area contributed by atoms with Gasteiger partial charge in [0.15, 0.2) is 0 Å². The second-order valence-electron chi connectivity index (χ2n) is 4.94. The molecule has 0 amide bonds. The number of nitrogens with two attached hydrogens (primary N) is 1. The van der Waals surface area contributed by atoms with E-state index in [1.165, 1.54) is 0 Å². The summed E-state index contributed by atoms with van der Waals surface area (Å²) in [6.07, 6.45) is 0. The van der Waals surface area contributed by atoms with E-state index in [0.29, 0.717) is 16.4 Å². The van der Waals surface area contributed by atoms with Gasteiger partial charge < -0.3 is 15.5 Å². The Morgan fingerprint density at radius 2 is 2.17 bits per heavy atom. The zero-order chi connectivity index (χ0) is 16.7. The summed E-state index contributed by atoms with van der Waals surface area (Å²) < 4.78 is 5.35. The lowest BCUT2D eigenvalue weighted by atomic mass is 9.85. The Bertz CT molecular complexity index is 943. The molecule has 116 valence electrons. The fourth-order valence-electron chi connectivity index (χ4n) is 2.52. The Morgan fingerprint density at radius 3 is 2.87 bits per heavy atom. The lowest BCUT2D eigenvalue weighted by Gasteiger charge is -2.25. The second-order valence-corrected chi connectivity index (χ2v) is 5.72. The van der Waals surface area contributed by atoms with Crippen molar-refractivity contribution < 1.29 is 4.74 Å². The summed E-state index contributed by atoms with van der Waals surface area (Å²) in [5.41, 5.74) is 6.14. The number of ether oxygens (including phenoxy) is 1. The van der Waals surface area contributed by atoms with Crippen LogP contribution < -0.4 is 16.0 Å². The van der Waals surface area contributed by atoms with Gasteiger partial charge in [-0.05, 0) is 18.6 Å². The van der Waals surface area contributed by atoms with Gasteiger partial charge in [-0.15, -0.1) is 0 Å². The molecule has 23 heavy (non-hydrogen) atoms. The molecule has 0 aliphatic carbocycles. The number of nitrogens with one attached hydrogen (secondary N) is 1. The number of nitrogens with zero attached hydrogens (tertiary/aromatic N) is 2. The number of fused-ring (bicyclic) bond motifs is 1. The van der Waals surface area contributed by atoms with Crippen LogP contribution >= 0.6 is 23.2 Å². The average molecular weight is 349 g/mol. The third-order valence-corrected chi connectivity index (χ3v) is 4.33. The third-order valence-electron chi connectivity index (χ3n) is 3.50. The summed E-state index contributed by atoms with van der Waals surface area (Å²) in [5.74, 6) is -0.480. The number of aromatic nitrogens is 2. The summed E-state index contributed by atoms with van der Waals surface area (Å²) in [6, 6.07) is 6.95. The van der Waals surface area contributed by atoms with Gasteiger partial charge in [0, 0.05) is 0 Å². The van der Waals surface area contributed by atoms with Crippen LogP contribution in [0.5, 0.6) is 5.88 Å². The molecule has 1 atom stereocenters. The van der Waals surface area contributed by atoms with Crippen molar-refractivity contribution >= 4 is 23.2 Å². The topological polar surface area (TPSA) is 105 Å². The molecular weight excluding hydrogens is 339 g/mol. The smallest absolute Gasteiger partial charge is 0.258 e. The number of H-pyrrole nitrogens is 1. The molecule has 0 unspecified atom stereocenters. The largest absolute Gasteiger partial charge is 0.422 e. The lowest BCUT2D eigenvalue weighted by Crippen LogP contribution is -2.29. The normalized spacial score (nSPS) is 16.5. The molecule has 3 N–H and O–H groups in total. The van der Waals surface area contributed by atoms with Gasteiger partial charge in [-0.25, -0.2) is 0 Å². The van der Waals surface area contributed by atoms with E-state index < -0.39 is 11.5 Å². The molecule has 0 saturated heterocycles. The van der Waals surface area contributed by atoms with Crippen molar-refractivity contribution in [1.82, 2.24) is 9.97 Å². The Morgan fingerprint density at radius 1 is 1.43 bits per heavy atom. The Balaban J connectivity index is 2.37. The first-order valence-corrected chi connectivity index (χ1v) is 7.32. The number of hydrogen-bond donors (Lipinski definition) is 2. The van der Waals surface area contributed by atoms with Crippen LogP contribution in [-0.4, -0.2) is 9.97 Å². The van der Waals surface area contributed by atoms with E-state index >= 15 is 0 Å². The monoisotopic (exact) mass is 348 g/mol. The maximum atomic E-state index is 12.4. The van der Waals surface area contributed by atoms with Crippen LogP contribution in [0.15, 0.2) is 34.4 Å². The maximum absolute atomic E-state index is 12.4. The average Bonchev–Trinajstić information content (AvgIpc) is 2.48. The van der Waals surface area contributed by atoms with E-state index in [-0.39, 0.29) is 27.9 Å². The SMILES string of the molecule is Cc1nc2c(c(=O)[nH]1)[C@H](c1cccc(Cl)c1Cl)C(C#N)=C(N)O2. The maximum Gasteiger partial charge on any atom is 0.258 e. The van der Waals surface area contributed by atoms with E-state index in [1.807, 2.05) is 6.07 Å². The zero-order valence-corrected chi connectivity index (χ0v) is 13.4. The molecule has 0 fully saturated rings. The molecule has 0 radical (unpaired) electrons. The van der Waals surface area contributed by atoms with Gasteiger partial charge in [0.1, 0.15) is 17.5 Å². The van der Waals surface area contributed by atoms with E-state index in [0.717, 1.165) is 0 Å². The van der Waals surface area contributed by atoms with Crippen LogP contribution in [0.2, 0.25) is 10.0 Å². The number of rotatable bonds is 1. The lowest BCUT2D eigenvalue weighted by molar-refractivity contribution is 0.373. The van der Waals surface area contributed by atoms with Gasteiger partial charge >= 0.3 is 0 Å². The van der Waals surface area contributed by atoms with E-state index in [9.17, 15) is 10.1 Å². The fraction of sp³-hybridized carbons (Fsp3) is 0.133. The molecule has 0 saturated carbocycles. The van der Waals surface area contributed by atoms with Crippen LogP contribution in [0.4, 0.5) is 0 Å². The highest BCUT2D eigenvalue weighted by Crippen LogP contribution is 2.43. The molecule has 8 heteroatoms. The zero-order valence-electron chi connectivity index (χ0n) is 11.9. The Hall–Kier alpha value is -2.49. The Kier molecular flexibility index (Phi) is 3.76. The number of allylic oxidation sites excluding steroid dienone is 1. The van der Waals surface area contributed by atoms with Crippen molar-refractivity contribution in [1.29, 1.82) is 5.26 Å². The summed E-state index contributed by atoms with van der Waals surface area (Å²) in [5, 5.41) is 10.0. The molecule has 0 spiro atoms. The minimum Gasteiger partial charge on any atom is -0.422 e. The van der Waals surface area contributed by atoms with Crippen molar-refractivity contribution in [3.8, 4) is 11.9 Å². The molecule has 2 aromatic rings. The second kappa shape index (κ2) is 5.61. The number of hydrogen-bond acceptors (Lipinski definition) is 5. The number of nitriles is 1. The van der Waals surface area contributed by atoms with Crippen molar-refractivity contribution in [2.75, 3.05) is 0 Å². The summed E-state index contributed by atoms with van der Waals surface area (Å²) in [7, 11) is 0. The van der Waals surface area contributed by atoms with Crippen LogP contribution in [0.1, 0.15) is 22.9 Å². The van der Waals surface area contributed by atoms with Crippen LogP contribution in [0.25, 0.3) is 0 Å². The molecule has 6 nitrogen and oxygen atoms in total. The van der Waals surface area contributed by atoms with Gasteiger partial charge in [-0.2, -0.15) is 10.2 Å². The number of benzene rings is 1. The fourth-order valence-corrected chi connectivity index (χ4v) is 2.94. The minimum atomic E-state index is -0.799. The van der Waals surface area contributed by atoms with E-state index in [2.05, 4.69) is 9.97 Å². The minimum absolute atomic E-state index is 0.0591. The molecule has 3 rings (SSSR count). The molecule has 2 heterocycles. The molecule has 1 aliphatic heterocycles. The third kappa shape index (κ3) is 2.44. The molecular formula is C15H10Cl2N4O2. The van der Waals surface area contributed by atoms with Gasteiger partial charge in [0.2, 0.25) is 11.8 Å². The molecule has 1 aliphatic rings. The van der Waals surface area contributed by atoms with Gasteiger partial charge in [-0.1, -0.05) is 35.3 Å². The Labute approximate surface area is 141 Å². The van der Waals surface area contributed by atoms with Gasteiger partial charge in [0.25, 0.3) is 5.56 Å². The van der Waals surface area contributed by atoms with Gasteiger partial charge in [-0.3, -0.25) is 4.79 Å². The van der Waals surface area contributed by atoms with Gasteiger partial charge in [0.05, 0.1) is 21.5 Å². The van der Waals surface area contributed by atoms with Crippen molar-refractivity contribution in [3.63, 3.8) is 0 Å². The first kappa shape index (κ1) is 15.4. The van der Waals surface area contributed by atoms with E-state index in [4.69, 9.17) is 33.7 Å². The standard InChI is InChI=1S/C15H10Cl2N4O2/c1-6-20-14(22)11-10(7-3-2-4-9(16)12(7)17)8(5-18)13(19)23-15(11)21-6/h2-4,10H,19H2,1H3,(H,20,21,22)/t10-/m1/s1. The molecule has 0 bridgehead atoms. The summed E-state index contributed by atoms with van der Waals surface area (Å²) in [6.45, 7) is 1.62. The number of aromatic amines is 1. The quantitative estimate of drug-likeness (QED) is 0.823.